The Labute approximate surface area is 133 Å². The van der Waals surface area contributed by atoms with Crippen molar-refractivity contribution in [2.75, 3.05) is 19.0 Å². The lowest BCUT2D eigenvalue weighted by Crippen LogP contribution is -2.25. The molecule has 0 aromatic heterocycles. The zero-order valence-corrected chi connectivity index (χ0v) is 12.5. The molecule has 0 saturated heterocycles. The molecule has 1 aliphatic rings. The van der Waals surface area contributed by atoms with Gasteiger partial charge in [-0.3, -0.25) is 9.59 Å². The van der Waals surface area contributed by atoms with Crippen molar-refractivity contribution in [1.29, 1.82) is 0 Å². The van der Waals surface area contributed by atoms with Crippen LogP contribution >= 0.6 is 0 Å². The van der Waals surface area contributed by atoms with Crippen molar-refractivity contribution in [3.8, 4) is 11.5 Å². The van der Waals surface area contributed by atoms with E-state index in [1.165, 1.54) is 6.08 Å². The summed E-state index contributed by atoms with van der Waals surface area (Å²) in [5.74, 6) is 0.957. The molecule has 0 atom stereocenters. The van der Waals surface area contributed by atoms with Gasteiger partial charge in [-0.25, -0.2) is 0 Å². The lowest BCUT2D eigenvalue weighted by molar-refractivity contribution is -0.118. The number of amides is 1. The van der Waals surface area contributed by atoms with E-state index < -0.39 is 0 Å². The summed E-state index contributed by atoms with van der Waals surface area (Å²) >= 11 is 0. The molecule has 1 N–H and O–H groups in total. The Hall–Kier alpha value is -3.08. The van der Waals surface area contributed by atoms with Gasteiger partial charge in [0.25, 0.3) is 5.91 Å². The number of hydrogen-bond donors (Lipinski definition) is 1. The van der Waals surface area contributed by atoms with E-state index >= 15 is 0 Å². The summed E-state index contributed by atoms with van der Waals surface area (Å²) < 4.78 is 10.4. The van der Waals surface area contributed by atoms with Crippen LogP contribution in [0, 0.1) is 0 Å². The van der Waals surface area contributed by atoms with Gasteiger partial charge in [-0.2, -0.15) is 0 Å². The number of carbonyl (C=O) groups is 2. The van der Waals surface area contributed by atoms with Gasteiger partial charge in [0.05, 0.1) is 12.8 Å². The maximum absolute atomic E-state index is 12.2. The normalized spacial score (nSPS) is 13.2. The SMILES string of the molecule is COc1ccc(C=CC(=O)c2ccc3c(c2)NC(=O)CO3)cc1. The van der Waals surface area contributed by atoms with Crippen molar-refractivity contribution in [3.05, 3.63) is 59.7 Å². The number of benzene rings is 2. The quantitative estimate of drug-likeness (QED) is 0.696. The molecule has 1 heterocycles. The number of hydrogen-bond acceptors (Lipinski definition) is 4. The van der Waals surface area contributed by atoms with Gasteiger partial charge < -0.3 is 14.8 Å². The molecule has 1 aliphatic heterocycles. The van der Waals surface area contributed by atoms with Crippen LogP contribution < -0.4 is 14.8 Å². The van der Waals surface area contributed by atoms with Crippen molar-refractivity contribution in [3.63, 3.8) is 0 Å². The number of allylic oxidation sites excluding steroid dienone is 1. The van der Waals surface area contributed by atoms with Crippen LogP contribution in [0.3, 0.4) is 0 Å². The Morgan fingerprint density at radius 1 is 1.22 bits per heavy atom. The van der Waals surface area contributed by atoms with Gasteiger partial charge in [-0.1, -0.05) is 18.2 Å². The maximum atomic E-state index is 12.2. The van der Waals surface area contributed by atoms with Crippen molar-refractivity contribution in [2.24, 2.45) is 0 Å². The molecule has 2 aromatic rings. The minimum atomic E-state index is -0.226. The van der Waals surface area contributed by atoms with E-state index in [-0.39, 0.29) is 18.3 Å². The lowest BCUT2D eigenvalue weighted by atomic mass is 10.1. The largest absolute Gasteiger partial charge is 0.497 e. The van der Waals surface area contributed by atoms with Crippen LogP contribution in [0.25, 0.3) is 6.08 Å². The number of fused-ring (bicyclic) bond motifs is 1. The van der Waals surface area contributed by atoms with Crippen LogP contribution in [0.1, 0.15) is 15.9 Å². The summed E-state index contributed by atoms with van der Waals surface area (Å²) in [5, 5.41) is 2.69. The van der Waals surface area contributed by atoms with E-state index in [9.17, 15) is 9.59 Å². The molecular weight excluding hydrogens is 294 g/mol. The monoisotopic (exact) mass is 309 g/mol. The number of ether oxygens (including phenoxy) is 2. The van der Waals surface area contributed by atoms with Crippen molar-refractivity contribution in [2.45, 2.75) is 0 Å². The third kappa shape index (κ3) is 3.40. The number of rotatable bonds is 4. The average Bonchev–Trinajstić information content (AvgIpc) is 2.59. The first-order valence-electron chi connectivity index (χ1n) is 7.09. The summed E-state index contributed by atoms with van der Waals surface area (Å²) in [6.45, 7) is -0.00232. The third-order valence-electron chi connectivity index (χ3n) is 3.44. The minimum absolute atomic E-state index is 0.00232. The second-order valence-corrected chi connectivity index (χ2v) is 5.02. The van der Waals surface area contributed by atoms with Gasteiger partial charge in [0, 0.05) is 5.56 Å². The number of nitrogens with one attached hydrogen (secondary N) is 1. The van der Waals surface area contributed by atoms with Gasteiger partial charge in [0.1, 0.15) is 11.5 Å². The predicted octanol–water partition coefficient (Wildman–Crippen LogP) is 2.92. The van der Waals surface area contributed by atoms with Crippen LogP contribution in [-0.2, 0) is 4.79 Å². The summed E-state index contributed by atoms with van der Waals surface area (Å²) in [6.07, 6.45) is 3.23. The minimum Gasteiger partial charge on any atom is -0.497 e. The molecule has 0 unspecified atom stereocenters. The molecule has 2 aromatic carbocycles. The van der Waals surface area contributed by atoms with Crippen molar-refractivity contribution < 1.29 is 19.1 Å². The molecular formula is C18H15NO4. The molecule has 116 valence electrons. The fourth-order valence-corrected chi connectivity index (χ4v) is 2.22. The second-order valence-electron chi connectivity index (χ2n) is 5.02. The number of anilines is 1. The standard InChI is InChI=1S/C18H15NO4/c1-22-14-6-2-12(3-7-14)4-8-16(20)13-5-9-17-15(10-13)19-18(21)11-23-17/h2-10H,11H2,1H3,(H,19,21). The highest BCUT2D eigenvalue weighted by Gasteiger charge is 2.17. The van der Waals surface area contributed by atoms with E-state index in [0.29, 0.717) is 17.0 Å². The highest BCUT2D eigenvalue weighted by molar-refractivity contribution is 6.08. The zero-order valence-electron chi connectivity index (χ0n) is 12.5. The van der Waals surface area contributed by atoms with Gasteiger partial charge >= 0.3 is 0 Å². The van der Waals surface area contributed by atoms with E-state index in [2.05, 4.69) is 5.32 Å². The zero-order chi connectivity index (χ0) is 16.2. The number of ketones is 1. The van der Waals surface area contributed by atoms with Crippen LogP contribution in [0.15, 0.2) is 48.5 Å². The highest BCUT2D eigenvalue weighted by atomic mass is 16.5. The third-order valence-corrected chi connectivity index (χ3v) is 3.44. The summed E-state index contributed by atoms with van der Waals surface area (Å²) in [5.41, 5.74) is 1.90. The van der Waals surface area contributed by atoms with E-state index in [1.807, 2.05) is 24.3 Å². The first-order valence-corrected chi connectivity index (χ1v) is 7.09. The summed E-state index contributed by atoms with van der Waals surface area (Å²) in [4.78, 5) is 23.6. The van der Waals surface area contributed by atoms with Crippen LogP contribution in [-0.4, -0.2) is 25.4 Å². The first-order chi connectivity index (χ1) is 11.2. The fourth-order valence-electron chi connectivity index (χ4n) is 2.22. The Bertz CT molecular complexity index is 778. The molecule has 0 saturated carbocycles. The molecule has 0 fully saturated rings. The smallest absolute Gasteiger partial charge is 0.262 e. The molecule has 0 spiro atoms. The molecule has 5 nitrogen and oxygen atoms in total. The van der Waals surface area contributed by atoms with Gasteiger partial charge in [0.2, 0.25) is 0 Å². The van der Waals surface area contributed by atoms with Crippen molar-refractivity contribution >= 4 is 23.5 Å². The van der Waals surface area contributed by atoms with E-state index in [0.717, 1.165) is 11.3 Å². The Balaban J connectivity index is 1.76. The molecule has 3 rings (SSSR count). The molecule has 0 aliphatic carbocycles. The van der Waals surface area contributed by atoms with Gasteiger partial charge in [-0.15, -0.1) is 0 Å². The molecule has 23 heavy (non-hydrogen) atoms. The topological polar surface area (TPSA) is 64.6 Å². The second kappa shape index (κ2) is 6.36. The molecule has 1 amide bonds. The Morgan fingerprint density at radius 2 is 2.00 bits per heavy atom. The summed E-state index contributed by atoms with van der Waals surface area (Å²) in [6, 6.07) is 12.4. The van der Waals surface area contributed by atoms with Crippen molar-refractivity contribution in [1.82, 2.24) is 0 Å². The first kappa shape index (κ1) is 14.8. The van der Waals surface area contributed by atoms with E-state index in [4.69, 9.17) is 9.47 Å². The summed E-state index contributed by atoms with van der Waals surface area (Å²) in [7, 11) is 1.60. The van der Waals surface area contributed by atoms with E-state index in [1.54, 1.807) is 31.4 Å². The predicted molar refractivity (Wildman–Crippen MR) is 86.9 cm³/mol. The maximum Gasteiger partial charge on any atom is 0.262 e. The molecule has 5 heteroatoms. The number of carbonyl (C=O) groups excluding carboxylic acids is 2. The Kier molecular flexibility index (Phi) is 4.10. The highest BCUT2D eigenvalue weighted by Crippen LogP contribution is 2.28. The lowest BCUT2D eigenvalue weighted by Gasteiger charge is -2.17. The number of methoxy groups -OCH3 is 1. The van der Waals surface area contributed by atoms with Crippen LogP contribution in [0.4, 0.5) is 5.69 Å². The molecule has 0 bridgehead atoms. The fraction of sp³-hybridized carbons (Fsp3) is 0.111. The molecule has 0 radical (unpaired) electrons. The van der Waals surface area contributed by atoms with Gasteiger partial charge in [0.15, 0.2) is 12.4 Å². The Morgan fingerprint density at radius 3 is 2.74 bits per heavy atom. The van der Waals surface area contributed by atoms with Crippen LogP contribution in [0.2, 0.25) is 0 Å². The average molecular weight is 309 g/mol. The van der Waals surface area contributed by atoms with Gasteiger partial charge in [-0.05, 0) is 42.0 Å². The van der Waals surface area contributed by atoms with Crippen LogP contribution in [0.5, 0.6) is 11.5 Å².